The molecule has 0 aliphatic carbocycles. The molecule has 182 valence electrons. The molecule has 0 fully saturated rings. The minimum atomic E-state index is -4.60. The largest absolute Gasteiger partial charge is 0.441 e. The molecular weight excluding hydrogens is 466 g/mol. The molecule has 2 aromatic carbocycles. The number of nitrogens with zero attached hydrogens (tertiary/aromatic N) is 5. The van der Waals surface area contributed by atoms with Gasteiger partial charge in [-0.1, -0.05) is 6.07 Å². The smallest absolute Gasteiger partial charge is 0.435 e. The van der Waals surface area contributed by atoms with E-state index >= 15 is 0 Å². The maximum absolute atomic E-state index is 14.7. The van der Waals surface area contributed by atoms with Crippen LogP contribution in [0, 0.1) is 12.7 Å². The van der Waals surface area contributed by atoms with E-state index in [2.05, 4.69) is 10.1 Å². The van der Waals surface area contributed by atoms with Crippen LogP contribution in [0.3, 0.4) is 0 Å². The predicted molar refractivity (Wildman–Crippen MR) is 120 cm³/mol. The van der Waals surface area contributed by atoms with Gasteiger partial charge in [-0.05, 0) is 25.2 Å². The summed E-state index contributed by atoms with van der Waals surface area (Å²) in [6.07, 6.45) is -4.22. The van der Waals surface area contributed by atoms with Crippen molar-refractivity contribution >= 4 is 22.7 Å². The van der Waals surface area contributed by atoms with Crippen LogP contribution in [-0.4, -0.2) is 46.2 Å². The molecule has 0 saturated heterocycles. The molecule has 2 aromatic heterocycles. The zero-order valence-corrected chi connectivity index (χ0v) is 19.1. The maximum atomic E-state index is 14.7. The molecule has 0 spiro atoms. The molecule has 7 nitrogen and oxygen atoms in total. The van der Waals surface area contributed by atoms with Crippen molar-refractivity contribution in [2.75, 3.05) is 25.5 Å². The fourth-order valence-electron chi connectivity index (χ4n) is 4.38. The van der Waals surface area contributed by atoms with Gasteiger partial charge in [0.15, 0.2) is 17.2 Å². The van der Waals surface area contributed by atoms with E-state index in [-0.39, 0.29) is 23.4 Å². The van der Waals surface area contributed by atoms with Gasteiger partial charge in [0.1, 0.15) is 11.3 Å². The molecule has 0 unspecified atom stereocenters. The lowest BCUT2D eigenvalue weighted by Gasteiger charge is -2.24. The summed E-state index contributed by atoms with van der Waals surface area (Å²) in [5.41, 5.74) is 0.824. The van der Waals surface area contributed by atoms with Gasteiger partial charge in [0.2, 0.25) is 0 Å². The Balaban J connectivity index is 1.52. The van der Waals surface area contributed by atoms with Gasteiger partial charge in [0.25, 0.3) is 5.91 Å². The van der Waals surface area contributed by atoms with Gasteiger partial charge in [0, 0.05) is 56.7 Å². The van der Waals surface area contributed by atoms with E-state index in [0.29, 0.717) is 41.3 Å². The fourth-order valence-corrected chi connectivity index (χ4v) is 4.38. The molecule has 5 rings (SSSR count). The molecule has 35 heavy (non-hydrogen) atoms. The number of fused-ring (bicyclic) bond motifs is 2. The van der Waals surface area contributed by atoms with Crippen molar-refractivity contribution < 1.29 is 26.8 Å². The van der Waals surface area contributed by atoms with Crippen LogP contribution >= 0.6 is 0 Å². The van der Waals surface area contributed by atoms with E-state index in [4.69, 9.17) is 4.42 Å². The van der Waals surface area contributed by atoms with Crippen molar-refractivity contribution in [2.45, 2.75) is 26.1 Å². The molecule has 3 heterocycles. The number of rotatable bonds is 3. The van der Waals surface area contributed by atoms with Crippen molar-refractivity contribution in [1.29, 1.82) is 0 Å². The number of amides is 1. The number of aromatic nitrogens is 3. The maximum Gasteiger partial charge on any atom is 0.435 e. The summed E-state index contributed by atoms with van der Waals surface area (Å²) in [5, 5.41) is 3.88. The number of carbonyl (C=O) groups excluding carboxylic acids is 1. The first-order valence-corrected chi connectivity index (χ1v) is 10.8. The first-order chi connectivity index (χ1) is 16.5. The Hall–Kier alpha value is -3.73. The molecule has 1 amide bonds. The molecule has 0 atom stereocenters. The highest BCUT2D eigenvalue weighted by molar-refractivity contribution is 6.06. The van der Waals surface area contributed by atoms with Crippen LogP contribution in [0.2, 0.25) is 0 Å². The van der Waals surface area contributed by atoms with Gasteiger partial charge in [0.05, 0.1) is 17.1 Å². The van der Waals surface area contributed by atoms with E-state index < -0.39 is 23.6 Å². The lowest BCUT2D eigenvalue weighted by atomic mass is 10.0. The highest BCUT2D eigenvalue weighted by atomic mass is 19.4. The number of anilines is 1. The fraction of sp³-hybridized carbons (Fsp3) is 0.292. The first kappa shape index (κ1) is 23.0. The Morgan fingerprint density at radius 3 is 2.71 bits per heavy atom. The normalized spacial score (nSPS) is 14.4. The van der Waals surface area contributed by atoms with E-state index in [9.17, 15) is 22.4 Å². The SMILES string of the molecule is Cc1nc2cc(F)c(N(C)C(=O)c3cccc(-n4nc(C(F)(F)F)c5c4CCN(C)C5)c3)cc2o1. The van der Waals surface area contributed by atoms with Crippen LogP contribution in [0.1, 0.15) is 33.2 Å². The van der Waals surface area contributed by atoms with Crippen molar-refractivity contribution in [3.8, 4) is 5.69 Å². The number of aryl methyl sites for hydroxylation is 1. The lowest BCUT2D eigenvalue weighted by molar-refractivity contribution is -0.142. The number of carbonyl (C=O) groups is 1. The minimum Gasteiger partial charge on any atom is -0.441 e. The number of benzene rings is 2. The van der Waals surface area contributed by atoms with E-state index in [1.165, 1.54) is 36.0 Å². The highest BCUT2D eigenvalue weighted by Gasteiger charge is 2.40. The number of hydrogen-bond acceptors (Lipinski definition) is 5. The van der Waals surface area contributed by atoms with Crippen LogP contribution in [0.5, 0.6) is 0 Å². The number of halogens is 4. The van der Waals surface area contributed by atoms with Gasteiger partial charge in [-0.15, -0.1) is 0 Å². The summed E-state index contributed by atoms with van der Waals surface area (Å²) in [7, 11) is 3.17. The monoisotopic (exact) mass is 487 g/mol. The summed E-state index contributed by atoms with van der Waals surface area (Å²) >= 11 is 0. The predicted octanol–water partition coefficient (Wildman–Crippen LogP) is 4.74. The van der Waals surface area contributed by atoms with Gasteiger partial charge in [-0.25, -0.2) is 14.1 Å². The van der Waals surface area contributed by atoms with Crippen molar-refractivity contribution in [3.05, 3.63) is 70.6 Å². The molecule has 0 N–H and O–H groups in total. The molecule has 0 bridgehead atoms. The number of oxazole rings is 1. The van der Waals surface area contributed by atoms with E-state index in [0.717, 1.165) is 4.90 Å². The second-order valence-electron chi connectivity index (χ2n) is 8.59. The zero-order valence-electron chi connectivity index (χ0n) is 19.1. The third-order valence-corrected chi connectivity index (χ3v) is 6.08. The second kappa shape index (κ2) is 8.19. The lowest BCUT2D eigenvalue weighted by Crippen LogP contribution is -2.28. The summed E-state index contributed by atoms with van der Waals surface area (Å²) < 4.78 is 62.5. The Labute approximate surface area is 197 Å². The van der Waals surface area contributed by atoms with Crippen LogP contribution in [0.25, 0.3) is 16.8 Å². The summed E-state index contributed by atoms with van der Waals surface area (Å²) in [4.78, 5) is 20.2. The second-order valence-corrected chi connectivity index (χ2v) is 8.59. The number of alkyl halides is 3. The quantitative estimate of drug-likeness (QED) is 0.391. The Morgan fingerprint density at radius 1 is 1.20 bits per heavy atom. The molecule has 1 aliphatic heterocycles. The molecule has 0 radical (unpaired) electrons. The Bertz CT molecular complexity index is 1460. The van der Waals surface area contributed by atoms with Gasteiger partial charge in [-0.3, -0.25) is 4.79 Å². The van der Waals surface area contributed by atoms with Crippen LogP contribution in [0.15, 0.2) is 40.8 Å². The van der Waals surface area contributed by atoms with Gasteiger partial charge in [-0.2, -0.15) is 18.3 Å². The van der Waals surface area contributed by atoms with Crippen molar-refractivity contribution in [3.63, 3.8) is 0 Å². The van der Waals surface area contributed by atoms with Crippen molar-refractivity contribution in [1.82, 2.24) is 19.7 Å². The third-order valence-electron chi connectivity index (χ3n) is 6.08. The molecule has 11 heteroatoms. The van der Waals surface area contributed by atoms with Gasteiger partial charge < -0.3 is 14.2 Å². The average molecular weight is 487 g/mol. The topological polar surface area (TPSA) is 67.4 Å². The van der Waals surface area contributed by atoms with Crippen molar-refractivity contribution in [2.24, 2.45) is 0 Å². The zero-order chi connectivity index (χ0) is 25.1. The number of hydrogen-bond donors (Lipinski definition) is 0. The van der Waals surface area contributed by atoms with Crippen LogP contribution in [-0.2, 0) is 19.1 Å². The van der Waals surface area contributed by atoms with E-state index in [1.807, 2.05) is 0 Å². The standard InChI is InChI=1S/C24H21F4N5O2/c1-13-29-18-10-17(25)20(11-21(18)35-13)32(3)23(34)14-5-4-6-15(9-14)33-19-7-8-31(2)12-16(19)22(30-33)24(26,27)28/h4-6,9-11H,7-8,12H2,1-3H3. The molecular formula is C24H21F4N5O2. The highest BCUT2D eigenvalue weighted by Crippen LogP contribution is 2.36. The van der Waals surface area contributed by atoms with Crippen LogP contribution in [0.4, 0.5) is 23.2 Å². The third kappa shape index (κ3) is 4.05. The minimum absolute atomic E-state index is 0.0112. The summed E-state index contributed by atoms with van der Waals surface area (Å²) in [6.45, 7) is 2.35. The molecule has 1 aliphatic rings. The number of likely N-dealkylation sites (N-methyl/N-ethyl adjacent to an activating group) is 1. The van der Waals surface area contributed by atoms with E-state index in [1.54, 1.807) is 31.0 Å². The van der Waals surface area contributed by atoms with Crippen LogP contribution < -0.4 is 4.90 Å². The summed E-state index contributed by atoms with van der Waals surface area (Å²) in [6, 6.07) is 8.71. The Kier molecular flexibility index (Phi) is 5.39. The van der Waals surface area contributed by atoms with Gasteiger partial charge >= 0.3 is 6.18 Å². The summed E-state index contributed by atoms with van der Waals surface area (Å²) in [5.74, 6) is -0.832. The Morgan fingerprint density at radius 2 is 1.97 bits per heavy atom. The molecule has 4 aromatic rings. The molecule has 0 saturated carbocycles. The average Bonchev–Trinajstić information content (AvgIpc) is 3.36. The first-order valence-electron chi connectivity index (χ1n) is 10.8.